The van der Waals surface area contributed by atoms with Crippen molar-refractivity contribution in [1.29, 1.82) is 0 Å². The van der Waals surface area contributed by atoms with Crippen molar-refractivity contribution in [2.75, 3.05) is 0 Å². The number of ether oxygens (including phenoxy) is 1. The van der Waals surface area contributed by atoms with E-state index in [0.29, 0.717) is 6.61 Å². The third kappa shape index (κ3) is 2.69. The lowest BCUT2D eigenvalue weighted by molar-refractivity contribution is 0.294. The van der Waals surface area contributed by atoms with Gasteiger partial charge in [0.25, 0.3) is 0 Å². The Balaban J connectivity index is 2.09. The highest BCUT2D eigenvalue weighted by atomic mass is 79.9. The second-order valence-corrected chi connectivity index (χ2v) is 4.94. The first-order chi connectivity index (χ1) is 8.08. The van der Waals surface area contributed by atoms with E-state index in [2.05, 4.69) is 28.0 Å². The van der Waals surface area contributed by atoms with Crippen LogP contribution in [0.15, 0.2) is 28.7 Å². The van der Waals surface area contributed by atoms with Crippen LogP contribution < -0.4 is 4.74 Å². The molecule has 0 fully saturated rings. The van der Waals surface area contributed by atoms with Crippen LogP contribution in [0.2, 0.25) is 0 Å². The summed E-state index contributed by atoms with van der Waals surface area (Å²) in [6.07, 6.45) is 0. The molecular weight excluding hydrogens is 280 g/mol. The van der Waals surface area contributed by atoms with Crippen LogP contribution in [0, 0.1) is 13.8 Å². The third-order valence-corrected chi connectivity index (χ3v) is 3.38. The predicted octanol–water partition coefficient (Wildman–Crippen LogP) is 3.38. The molecule has 0 spiro atoms. The van der Waals surface area contributed by atoms with Crippen molar-refractivity contribution in [3.05, 3.63) is 45.7 Å². The monoisotopic (exact) mass is 294 g/mol. The molecule has 0 atom stereocenters. The Morgan fingerprint density at radius 1 is 1.24 bits per heavy atom. The molecule has 1 heterocycles. The lowest BCUT2D eigenvalue weighted by Gasteiger charge is -2.07. The topological polar surface area (TPSA) is 27.1 Å². The van der Waals surface area contributed by atoms with Gasteiger partial charge in [0.05, 0.1) is 11.4 Å². The van der Waals surface area contributed by atoms with Gasteiger partial charge in [-0.25, -0.2) is 0 Å². The molecule has 17 heavy (non-hydrogen) atoms. The summed E-state index contributed by atoms with van der Waals surface area (Å²) in [5.74, 6) is 0.867. The Morgan fingerprint density at radius 3 is 2.41 bits per heavy atom. The van der Waals surface area contributed by atoms with Gasteiger partial charge in [0.1, 0.15) is 12.4 Å². The van der Waals surface area contributed by atoms with Gasteiger partial charge in [0.15, 0.2) is 0 Å². The molecule has 0 bridgehead atoms. The van der Waals surface area contributed by atoms with Gasteiger partial charge in [0, 0.05) is 11.5 Å². The summed E-state index contributed by atoms with van der Waals surface area (Å²) in [4.78, 5) is 0. The fourth-order valence-corrected chi connectivity index (χ4v) is 1.96. The molecule has 3 nitrogen and oxygen atoms in total. The Labute approximate surface area is 110 Å². The molecule has 0 unspecified atom stereocenters. The van der Waals surface area contributed by atoms with E-state index in [-0.39, 0.29) is 0 Å². The molecule has 2 aromatic rings. The van der Waals surface area contributed by atoms with E-state index in [1.807, 2.05) is 42.9 Å². The number of rotatable bonds is 3. The van der Waals surface area contributed by atoms with E-state index >= 15 is 0 Å². The Hall–Kier alpha value is -1.29. The first-order valence-corrected chi connectivity index (χ1v) is 6.24. The van der Waals surface area contributed by atoms with Crippen LogP contribution >= 0.6 is 15.9 Å². The maximum Gasteiger partial charge on any atom is 0.130 e. The predicted molar refractivity (Wildman–Crippen MR) is 71.2 cm³/mol. The molecule has 1 aromatic heterocycles. The van der Waals surface area contributed by atoms with Crippen molar-refractivity contribution < 1.29 is 4.74 Å². The lowest BCUT2D eigenvalue weighted by Crippen LogP contribution is -2.04. The number of hydrogen-bond donors (Lipinski definition) is 0. The fraction of sp³-hybridized carbons (Fsp3) is 0.308. The van der Waals surface area contributed by atoms with E-state index in [9.17, 15) is 0 Å². The van der Waals surface area contributed by atoms with E-state index in [1.165, 1.54) is 5.56 Å². The van der Waals surface area contributed by atoms with Crippen molar-refractivity contribution in [3.63, 3.8) is 0 Å². The van der Waals surface area contributed by atoms with Crippen LogP contribution in [0.4, 0.5) is 0 Å². The van der Waals surface area contributed by atoms with Gasteiger partial charge in [-0.15, -0.1) is 0 Å². The molecule has 0 saturated heterocycles. The molecule has 0 radical (unpaired) electrons. The van der Waals surface area contributed by atoms with Crippen LogP contribution in [0.1, 0.15) is 17.0 Å². The van der Waals surface area contributed by atoms with Gasteiger partial charge in [-0.1, -0.05) is 15.9 Å². The largest absolute Gasteiger partial charge is 0.487 e. The van der Waals surface area contributed by atoms with Gasteiger partial charge < -0.3 is 4.74 Å². The molecule has 0 amide bonds. The highest BCUT2D eigenvalue weighted by Gasteiger charge is 2.09. The van der Waals surface area contributed by atoms with Crippen molar-refractivity contribution in [2.45, 2.75) is 20.5 Å². The van der Waals surface area contributed by atoms with Gasteiger partial charge in [-0.05, 0) is 43.7 Å². The maximum atomic E-state index is 5.74. The molecule has 1 aromatic carbocycles. The quantitative estimate of drug-likeness (QED) is 0.868. The van der Waals surface area contributed by atoms with Crippen LogP contribution in [0.5, 0.6) is 5.75 Å². The highest BCUT2D eigenvalue weighted by molar-refractivity contribution is 9.10. The minimum atomic E-state index is 0.546. The average Bonchev–Trinajstić information content (AvgIpc) is 2.54. The number of aryl methyl sites for hydroxylation is 2. The van der Waals surface area contributed by atoms with Crippen molar-refractivity contribution in [2.24, 2.45) is 7.05 Å². The van der Waals surface area contributed by atoms with Crippen LogP contribution in [-0.2, 0) is 13.7 Å². The molecule has 4 heteroatoms. The fourth-order valence-electron chi connectivity index (χ4n) is 1.70. The van der Waals surface area contributed by atoms with Crippen LogP contribution in [-0.4, -0.2) is 9.78 Å². The van der Waals surface area contributed by atoms with Gasteiger partial charge in [-0.3, -0.25) is 4.68 Å². The minimum absolute atomic E-state index is 0.546. The Kier molecular flexibility index (Phi) is 3.52. The summed E-state index contributed by atoms with van der Waals surface area (Å²) >= 11 is 3.40. The Bertz CT molecular complexity index is 517. The Morgan fingerprint density at radius 2 is 1.88 bits per heavy atom. The number of aromatic nitrogens is 2. The summed E-state index contributed by atoms with van der Waals surface area (Å²) < 4.78 is 8.67. The van der Waals surface area contributed by atoms with Crippen LogP contribution in [0.3, 0.4) is 0 Å². The number of halogens is 1. The van der Waals surface area contributed by atoms with Crippen LogP contribution in [0.25, 0.3) is 0 Å². The zero-order valence-corrected chi connectivity index (χ0v) is 11.8. The molecule has 90 valence electrons. The molecule has 0 saturated carbocycles. The zero-order chi connectivity index (χ0) is 12.4. The summed E-state index contributed by atoms with van der Waals surface area (Å²) in [6.45, 7) is 4.63. The minimum Gasteiger partial charge on any atom is -0.487 e. The summed E-state index contributed by atoms with van der Waals surface area (Å²) in [7, 11) is 1.94. The SMILES string of the molecule is Cc1nn(C)c(COc2ccc(Br)cc2)c1C. The third-order valence-electron chi connectivity index (χ3n) is 2.86. The molecular formula is C13H15BrN2O. The molecule has 0 N–H and O–H groups in total. The van der Waals surface area contributed by atoms with Crippen molar-refractivity contribution in [1.82, 2.24) is 9.78 Å². The van der Waals surface area contributed by atoms with Crippen molar-refractivity contribution >= 4 is 15.9 Å². The van der Waals surface area contributed by atoms with Gasteiger partial charge in [-0.2, -0.15) is 5.10 Å². The smallest absolute Gasteiger partial charge is 0.130 e. The van der Waals surface area contributed by atoms with Gasteiger partial charge in [0.2, 0.25) is 0 Å². The van der Waals surface area contributed by atoms with E-state index in [1.54, 1.807) is 0 Å². The van der Waals surface area contributed by atoms with Crippen molar-refractivity contribution in [3.8, 4) is 5.75 Å². The van der Waals surface area contributed by atoms with E-state index in [0.717, 1.165) is 21.6 Å². The second kappa shape index (κ2) is 4.92. The highest BCUT2D eigenvalue weighted by Crippen LogP contribution is 2.18. The first kappa shape index (κ1) is 12.2. The average molecular weight is 295 g/mol. The van der Waals surface area contributed by atoms with E-state index in [4.69, 9.17) is 4.74 Å². The standard InChI is InChI=1S/C13H15BrN2O/c1-9-10(2)15-16(3)13(9)8-17-12-6-4-11(14)5-7-12/h4-7H,8H2,1-3H3. The summed E-state index contributed by atoms with van der Waals surface area (Å²) in [6, 6.07) is 7.83. The maximum absolute atomic E-state index is 5.74. The lowest BCUT2D eigenvalue weighted by atomic mass is 10.2. The number of benzene rings is 1. The summed E-state index contributed by atoms with van der Waals surface area (Å²) in [5.41, 5.74) is 3.37. The van der Waals surface area contributed by atoms with Gasteiger partial charge >= 0.3 is 0 Å². The molecule has 0 aliphatic carbocycles. The van der Waals surface area contributed by atoms with E-state index < -0.39 is 0 Å². The second-order valence-electron chi connectivity index (χ2n) is 4.02. The first-order valence-electron chi connectivity index (χ1n) is 5.45. The summed E-state index contributed by atoms with van der Waals surface area (Å²) in [5, 5.41) is 4.37. The molecule has 0 aliphatic heterocycles. The normalized spacial score (nSPS) is 10.6. The number of nitrogens with zero attached hydrogens (tertiary/aromatic N) is 2. The molecule has 2 rings (SSSR count). The number of hydrogen-bond acceptors (Lipinski definition) is 2. The molecule has 0 aliphatic rings. The zero-order valence-electron chi connectivity index (χ0n) is 10.2.